The highest BCUT2D eigenvalue weighted by molar-refractivity contribution is 9.10. The molecular weight excluding hydrogens is 439 g/mol. The zero-order valence-electron chi connectivity index (χ0n) is 14.1. The van der Waals surface area contributed by atoms with Crippen LogP contribution in [0.15, 0.2) is 41.0 Å². The number of amides is 1. The van der Waals surface area contributed by atoms with Gasteiger partial charge in [0.15, 0.2) is 0 Å². The van der Waals surface area contributed by atoms with Gasteiger partial charge in [0.2, 0.25) is 5.91 Å². The van der Waals surface area contributed by atoms with Crippen LogP contribution in [-0.4, -0.2) is 53.4 Å². The van der Waals surface area contributed by atoms with Gasteiger partial charge in [-0.2, -0.15) is 0 Å². The predicted molar refractivity (Wildman–Crippen MR) is 109 cm³/mol. The number of rotatable bonds is 5. The first-order valence-electron chi connectivity index (χ1n) is 8.29. The number of hydrogen-bond acceptors (Lipinski definition) is 4. The van der Waals surface area contributed by atoms with Crippen LogP contribution in [0.4, 0.5) is 5.82 Å². The minimum atomic E-state index is -0.0437. The van der Waals surface area contributed by atoms with Gasteiger partial charge in [0.1, 0.15) is 5.82 Å². The van der Waals surface area contributed by atoms with Crippen LogP contribution in [0.3, 0.4) is 0 Å². The molecule has 3 rings (SSSR count). The number of benzene rings is 1. The van der Waals surface area contributed by atoms with E-state index in [-0.39, 0.29) is 5.91 Å². The number of halogens is 3. The maximum atomic E-state index is 12.2. The first-order valence-corrected chi connectivity index (χ1v) is 9.84. The summed E-state index contributed by atoms with van der Waals surface area (Å²) in [7, 11) is 0. The molecule has 1 aliphatic rings. The van der Waals surface area contributed by atoms with Crippen molar-refractivity contribution in [1.82, 2.24) is 14.8 Å². The summed E-state index contributed by atoms with van der Waals surface area (Å²) in [5.74, 6) is 0.522. The fourth-order valence-corrected chi connectivity index (χ4v) is 3.39. The molecule has 2 heterocycles. The van der Waals surface area contributed by atoms with Crippen molar-refractivity contribution in [2.75, 3.05) is 38.0 Å². The van der Waals surface area contributed by atoms with Crippen molar-refractivity contribution >= 4 is 50.9 Å². The summed E-state index contributed by atoms with van der Waals surface area (Å²) in [6, 6.07) is 9.37. The second-order valence-electron chi connectivity index (χ2n) is 6.21. The molecule has 0 unspecified atom stereocenters. The smallest absolute Gasteiger partial charge is 0.239 e. The van der Waals surface area contributed by atoms with Crippen LogP contribution in [0, 0.1) is 0 Å². The first-order chi connectivity index (χ1) is 12.5. The lowest BCUT2D eigenvalue weighted by Crippen LogP contribution is -2.48. The average molecular weight is 458 g/mol. The van der Waals surface area contributed by atoms with Crippen LogP contribution in [0.5, 0.6) is 0 Å². The van der Waals surface area contributed by atoms with Crippen molar-refractivity contribution in [3.63, 3.8) is 0 Å². The Labute approximate surface area is 171 Å². The zero-order valence-corrected chi connectivity index (χ0v) is 17.2. The number of aromatic nitrogens is 1. The van der Waals surface area contributed by atoms with Crippen molar-refractivity contribution in [3.8, 4) is 0 Å². The summed E-state index contributed by atoms with van der Waals surface area (Å²) >= 11 is 15.4. The van der Waals surface area contributed by atoms with Crippen LogP contribution < -0.4 is 5.32 Å². The highest BCUT2D eigenvalue weighted by Crippen LogP contribution is 2.23. The number of pyridine rings is 1. The van der Waals surface area contributed by atoms with Gasteiger partial charge < -0.3 is 5.32 Å². The molecule has 0 radical (unpaired) electrons. The van der Waals surface area contributed by atoms with Crippen LogP contribution >= 0.6 is 39.1 Å². The van der Waals surface area contributed by atoms with Gasteiger partial charge in [0, 0.05) is 43.4 Å². The highest BCUT2D eigenvalue weighted by Gasteiger charge is 2.19. The average Bonchev–Trinajstić information content (AvgIpc) is 2.62. The molecule has 0 bridgehead atoms. The van der Waals surface area contributed by atoms with Gasteiger partial charge >= 0.3 is 0 Å². The Balaban J connectivity index is 1.43. The molecule has 1 saturated heterocycles. The number of carbonyl (C=O) groups is 1. The van der Waals surface area contributed by atoms with E-state index in [0.717, 1.165) is 42.8 Å². The number of nitrogens with zero attached hydrogens (tertiary/aromatic N) is 3. The quantitative estimate of drug-likeness (QED) is 0.739. The largest absolute Gasteiger partial charge is 0.310 e. The summed E-state index contributed by atoms with van der Waals surface area (Å²) in [6.07, 6.45) is 1.66. The summed E-state index contributed by atoms with van der Waals surface area (Å²) in [5.41, 5.74) is 1.15. The van der Waals surface area contributed by atoms with Gasteiger partial charge in [0.05, 0.1) is 16.6 Å². The van der Waals surface area contributed by atoms with Crippen molar-refractivity contribution in [3.05, 3.63) is 56.6 Å². The molecule has 1 N–H and O–H groups in total. The Bertz CT molecular complexity index is 764. The van der Waals surface area contributed by atoms with E-state index in [1.165, 1.54) is 0 Å². The Morgan fingerprint density at radius 3 is 2.46 bits per heavy atom. The highest BCUT2D eigenvalue weighted by atomic mass is 79.9. The molecule has 1 aromatic heterocycles. The van der Waals surface area contributed by atoms with E-state index in [4.69, 9.17) is 23.2 Å². The molecule has 1 aliphatic heterocycles. The number of carbonyl (C=O) groups excluding carboxylic acids is 1. The molecule has 1 aromatic carbocycles. The Morgan fingerprint density at radius 1 is 1.08 bits per heavy atom. The van der Waals surface area contributed by atoms with Crippen LogP contribution in [0.1, 0.15) is 5.56 Å². The standard InChI is InChI=1S/C18H19BrCl2N4O/c19-14-2-4-17(22-10-14)23-18(26)12-25-7-5-24(6-8-25)11-13-1-3-15(20)16(21)9-13/h1-4,9-10H,5-8,11-12H2,(H,22,23,26). The maximum absolute atomic E-state index is 12.2. The molecule has 138 valence electrons. The van der Waals surface area contributed by atoms with Gasteiger partial charge in [0.25, 0.3) is 0 Å². The molecule has 8 heteroatoms. The van der Waals surface area contributed by atoms with Gasteiger partial charge in [-0.15, -0.1) is 0 Å². The zero-order chi connectivity index (χ0) is 18.5. The number of piperazine rings is 1. The van der Waals surface area contributed by atoms with Gasteiger partial charge in [-0.05, 0) is 45.8 Å². The molecule has 2 aromatic rings. The van der Waals surface area contributed by atoms with Crippen molar-refractivity contribution < 1.29 is 4.79 Å². The Hall–Kier alpha value is -1.18. The SMILES string of the molecule is O=C(CN1CCN(Cc2ccc(Cl)c(Cl)c2)CC1)Nc1ccc(Br)cn1. The van der Waals surface area contributed by atoms with Gasteiger partial charge in [-0.3, -0.25) is 14.6 Å². The van der Waals surface area contributed by atoms with Gasteiger partial charge in [-0.25, -0.2) is 4.98 Å². The van der Waals surface area contributed by atoms with E-state index >= 15 is 0 Å². The second kappa shape index (κ2) is 9.15. The summed E-state index contributed by atoms with van der Waals surface area (Å²) in [4.78, 5) is 20.8. The topological polar surface area (TPSA) is 48.5 Å². The molecular formula is C18H19BrCl2N4O. The molecule has 0 saturated carbocycles. The van der Waals surface area contributed by atoms with E-state index in [2.05, 4.69) is 36.0 Å². The van der Waals surface area contributed by atoms with E-state index in [1.807, 2.05) is 24.3 Å². The Morgan fingerprint density at radius 2 is 1.81 bits per heavy atom. The molecule has 0 atom stereocenters. The van der Waals surface area contributed by atoms with Crippen molar-refractivity contribution in [2.45, 2.75) is 6.54 Å². The third kappa shape index (κ3) is 5.66. The molecule has 5 nitrogen and oxygen atoms in total. The fraction of sp³-hybridized carbons (Fsp3) is 0.333. The van der Waals surface area contributed by atoms with Gasteiger partial charge in [-0.1, -0.05) is 29.3 Å². The molecule has 0 aliphatic carbocycles. The summed E-state index contributed by atoms with van der Waals surface area (Å²) in [5, 5.41) is 3.99. The van der Waals surface area contributed by atoms with E-state index < -0.39 is 0 Å². The van der Waals surface area contributed by atoms with Crippen molar-refractivity contribution in [1.29, 1.82) is 0 Å². The lowest BCUT2D eigenvalue weighted by molar-refractivity contribution is -0.117. The second-order valence-corrected chi connectivity index (χ2v) is 7.94. The monoisotopic (exact) mass is 456 g/mol. The summed E-state index contributed by atoms with van der Waals surface area (Å²) in [6.45, 7) is 4.72. The van der Waals surface area contributed by atoms with Crippen LogP contribution in [0.25, 0.3) is 0 Å². The lowest BCUT2D eigenvalue weighted by Gasteiger charge is -2.34. The fourth-order valence-electron chi connectivity index (χ4n) is 2.84. The number of hydrogen-bond donors (Lipinski definition) is 1. The van der Waals surface area contributed by atoms with Crippen molar-refractivity contribution in [2.24, 2.45) is 0 Å². The first kappa shape index (κ1) is 19.6. The van der Waals surface area contributed by atoms with E-state index in [1.54, 1.807) is 12.3 Å². The molecule has 1 fully saturated rings. The minimum Gasteiger partial charge on any atom is -0.310 e. The Kier molecular flexibility index (Phi) is 6.89. The minimum absolute atomic E-state index is 0.0437. The van der Waals surface area contributed by atoms with E-state index in [9.17, 15) is 4.79 Å². The molecule has 1 amide bonds. The normalized spacial score (nSPS) is 15.8. The molecule has 0 spiro atoms. The third-order valence-electron chi connectivity index (χ3n) is 4.22. The maximum Gasteiger partial charge on any atom is 0.239 e. The van der Waals surface area contributed by atoms with Crippen LogP contribution in [-0.2, 0) is 11.3 Å². The summed E-state index contributed by atoms with van der Waals surface area (Å²) < 4.78 is 0.883. The van der Waals surface area contributed by atoms with Crippen LogP contribution in [0.2, 0.25) is 10.0 Å². The third-order valence-corrected chi connectivity index (χ3v) is 5.43. The lowest BCUT2D eigenvalue weighted by atomic mass is 10.2. The number of nitrogens with one attached hydrogen (secondary N) is 1. The van der Waals surface area contributed by atoms with E-state index in [0.29, 0.717) is 22.4 Å². The number of anilines is 1. The molecule has 26 heavy (non-hydrogen) atoms. The predicted octanol–water partition coefficient (Wildman–Crippen LogP) is 3.91.